The van der Waals surface area contributed by atoms with Gasteiger partial charge in [-0.3, -0.25) is 9.59 Å². The summed E-state index contributed by atoms with van der Waals surface area (Å²) in [4.78, 5) is 29.5. The third-order valence-electron chi connectivity index (χ3n) is 4.48. The van der Waals surface area contributed by atoms with Crippen molar-refractivity contribution in [3.63, 3.8) is 0 Å². The van der Waals surface area contributed by atoms with Gasteiger partial charge in [-0.1, -0.05) is 0 Å². The molecule has 2 bridgehead atoms. The highest BCUT2D eigenvalue weighted by molar-refractivity contribution is 7.13. The summed E-state index contributed by atoms with van der Waals surface area (Å²) in [6.07, 6.45) is 4.13. The maximum absolute atomic E-state index is 12.5. The number of nitrogen functional groups attached to an aromatic ring is 1. The lowest BCUT2D eigenvalue weighted by Gasteiger charge is -2.38. The number of aromatic nitrogens is 1. The van der Waals surface area contributed by atoms with E-state index in [9.17, 15) is 9.59 Å². The van der Waals surface area contributed by atoms with Gasteiger partial charge in [0.2, 0.25) is 5.91 Å². The summed E-state index contributed by atoms with van der Waals surface area (Å²) in [5.74, 6) is -0.433. The Labute approximate surface area is 127 Å². The number of carbonyl (C=O) groups excluding carboxylic acids is 1. The molecule has 1 aromatic rings. The molecule has 1 amide bonds. The van der Waals surface area contributed by atoms with Crippen LogP contribution in [0.4, 0.5) is 5.13 Å². The summed E-state index contributed by atoms with van der Waals surface area (Å²) in [7, 11) is 0. The summed E-state index contributed by atoms with van der Waals surface area (Å²) in [5, 5.41) is 11.2. The Bertz CT molecular complexity index is 545. The normalized spacial score (nSPS) is 27.8. The number of nitrogens with two attached hydrogens (primary N) is 1. The SMILES string of the molecule is Nc1nc(CC(=O)N2C3CCC2CC(CC(=O)O)C3)cs1. The number of piperidine rings is 1. The van der Waals surface area contributed by atoms with Crippen molar-refractivity contribution < 1.29 is 14.7 Å². The van der Waals surface area contributed by atoms with Gasteiger partial charge in [0.05, 0.1) is 12.1 Å². The number of anilines is 1. The first-order chi connectivity index (χ1) is 10.0. The summed E-state index contributed by atoms with van der Waals surface area (Å²) in [6, 6.07) is 0.410. The van der Waals surface area contributed by atoms with Crippen LogP contribution >= 0.6 is 11.3 Å². The summed E-state index contributed by atoms with van der Waals surface area (Å²) < 4.78 is 0. The second-order valence-corrected chi connectivity index (χ2v) is 6.86. The van der Waals surface area contributed by atoms with Crippen LogP contribution in [0.3, 0.4) is 0 Å². The molecule has 3 N–H and O–H groups in total. The minimum atomic E-state index is -0.739. The van der Waals surface area contributed by atoms with E-state index < -0.39 is 5.97 Å². The van der Waals surface area contributed by atoms with Gasteiger partial charge in [-0.05, 0) is 31.6 Å². The van der Waals surface area contributed by atoms with Crippen molar-refractivity contribution in [2.24, 2.45) is 5.92 Å². The second kappa shape index (κ2) is 5.63. The predicted octanol–water partition coefficient (Wildman–Crippen LogP) is 1.51. The lowest BCUT2D eigenvalue weighted by Crippen LogP contribution is -2.47. The molecule has 1 aromatic heterocycles. The quantitative estimate of drug-likeness (QED) is 0.879. The number of thiazole rings is 1. The molecule has 2 atom stereocenters. The third-order valence-corrected chi connectivity index (χ3v) is 5.21. The zero-order chi connectivity index (χ0) is 15.0. The molecular weight excluding hydrogens is 290 g/mol. The van der Waals surface area contributed by atoms with E-state index in [0.29, 0.717) is 11.6 Å². The number of nitrogens with zero attached hydrogens (tertiary/aromatic N) is 2. The first kappa shape index (κ1) is 14.3. The van der Waals surface area contributed by atoms with Gasteiger partial charge in [-0.15, -0.1) is 11.3 Å². The van der Waals surface area contributed by atoms with Crippen LogP contribution in [0.5, 0.6) is 0 Å². The summed E-state index contributed by atoms with van der Waals surface area (Å²) >= 11 is 1.35. The first-order valence-electron chi connectivity index (χ1n) is 7.25. The number of aliphatic carboxylic acids is 1. The molecule has 0 aromatic carbocycles. The monoisotopic (exact) mass is 309 g/mol. The molecule has 0 aliphatic carbocycles. The fraction of sp³-hybridized carbons (Fsp3) is 0.643. The van der Waals surface area contributed by atoms with E-state index >= 15 is 0 Å². The van der Waals surface area contributed by atoms with Crippen LogP contribution in [0.25, 0.3) is 0 Å². The number of amides is 1. The number of carboxylic acid groups (broad SMARTS) is 1. The van der Waals surface area contributed by atoms with Crippen LogP contribution < -0.4 is 5.73 Å². The van der Waals surface area contributed by atoms with E-state index in [1.807, 2.05) is 10.3 Å². The maximum Gasteiger partial charge on any atom is 0.303 e. The maximum atomic E-state index is 12.5. The molecule has 2 saturated heterocycles. The largest absolute Gasteiger partial charge is 0.481 e. The van der Waals surface area contributed by atoms with Gasteiger partial charge in [0.1, 0.15) is 0 Å². The third kappa shape index (κ3) is 3.02. The van der Waals surface area contributed by atoms with Gasteiger partial charge in [-0.2, -0.15) is 0 Å². The Morgan fingerprint density at radius 1 is 1.38 bits per heavy atom. The zero-order valence-corrected chi connectivity index (χ0v) is 12.5. The molecule has 114 valence electrons. The van der Waals surface area contributed by atoms with Crippen molar-refractivity contribution in [2.45, 2.75) is 50.6 Å². The predicted molar refractivity (Wildman–Crippen MR) is 78.9 cm³/mol. The number of carboxylic acids is 1. The Balaban J connectivity index is 1.64. The molecule has 2 unspecified atom stereocenters. The van der Waals surface area contributed by atoms with E-state index in [1.54, 1.807) is 0 Å². The molecule has 2 aliphatic rings. The minimum absolute atomic E-state index is 0.0987. The number of hydrogen-bond donors (Lipinski definition) is 2. The molecule has 3 heterocycles. The molecule has 21 heavy (non-hydrogen) atoms. The lowest BCUT2D eigenvalue weighted by atomic mass is 9.88. The average Bonchev–Trinajstić information content (AvgIpc) is 2.91. The molecule has 3 rings (SSSR count). The van der Waals surface area contributed by atoms with Gasteiger partial charge in [-0.25, -0.2) is 4.98 Å². The molecule has 0 spiro atoms. The fourth-order valence-corrected chi connectivity index (χ4v) is 4.32. The highest BCUT2D eigenvalue weighted by Gasteiger charge is 2.43. The van der Waals surface area contributed by atoms with Crippen molar-refractivity contribution in [1.82, 2.24) is 9.88 Å². The first-order valence-corrected chi connectivity index (χ1v) is 8.13. The standard InChI is InChI=1S/C14H19N3O3S/c15-14-16-9(7-21-14)6-12(18)17-10-1-2-11(17)4-8(3-10)5-13(19)20/h7-8,10-11H,1-6H2,(H2,15,16)(H,19,20). The van der Waals surface area contributed by atoms with Crippen molar-refractivity contribution in [1.29, 1.82) is 0 Å². The number of rotatable bonds is 4. The molecule has 2 aliphatic heterocycles. The van der Waals surface area contributed by atoms with Gasteiger partial charge >= 0.3 is 5.97 Å². The fourth-order valence-electron chi connectivity index (χ4n) is 3.76. The van der Waals surface area contributed by atoms with Crippen molar-refractivity contribution in [3.8, 4) is 0 Å². The Morgan fingerprint density at radius 2 is 2.05 bits per heavy atom. The molecule has 7 heteroatoms. The van der Waals surface area contributed by atoms with E-state index in [2.05, 4.69) is 4.98 Å². The van der Waals surface area contributed by atoms with Crippen LogP contribution in [-0.4, -0.2) is 39.0 Å². The van der Waals surface area contributed by atoms with Crippen LogP contribution in [-0.2, 0) is 16.0 Å². The molecule has 6 nitrogen and oxygen atoms in total. The van der Waals surface area contributed by atoms with Gasteiger partial charge in [0.15, 0.2) is 5.13 Å². The molecule has 2 fully saturated rings. The summed E-state index contributed by atoms with van der Waals surface area (Å²) in [6.45, 7) is 0. The highest BCUT2D eigenvalue weighted by atomic mass is 32.1. The van der Waals surface area contributed by atoms with E-state index in [0.717, 1.165) is 31.4 Å². The van der Waals surface area contributed by atoms with Gasteiger partial charge < -0.3 is 15.7 Å². The lowest BCUT2D eigenvalue weighted by molar-refractivity contribution is -0.139. The van der Waals surface area contributed by atoms with Crippen molar-refractivity contribution in [2.75, 3.05) is 5.73 Å². The molecule has 0 saturated carbocycles. The minimum Gasteiger partial charge on any atom is -0.481 e. The number of hydrogen-bond acceptors (Lipinski definition) is 5. The number of carbonyl (C=O) groups is 2. The highest BCUT2D eigenvalue weighted by Crippen LogP contribution is 2.40. The van der Waals surface area contributed by atoms with Crippen LogP contribution in [0.2, 0.25) is 0 Å². The Morgan fingerprint density at radius 3 is 2.57 bits per heavy atom. The summed E-state index contributed by atoms with van der Waals surface area (Å²) in [5.41, 5.74) is 6.32. The van der Waals surface area contributed by atoms with E-state index in [4.69, 9.17) is 10.8 Å². The molecule has 0 radical (unpaired) electrons. The van der Waals surface area contributed by atoms with E-state index in [1.165, 1.54) is 11.3 Å². The van der Waals surface area contributed by atoms with Crippen LogP contribution in [0.1, 0.15) is 37.8 Å². The van der Waals surface area contributed by atoms with E-state index in [-0.39, 0.29) is 30.3 Å². The topological polar surface area (TPSA) is 96.5 Å². The number of fused-ring (bicyclic) bond motifs is 2. The Kier molecular flexibility index (Phi) is 3.84. The Hall–Kier alpha value is -1.63. The van der Waals surface area contributed by atoms with Crippen molar-refractivity contribution in [3.05, 3.63) is 11.1 Å². The smallest absolute Gasteiger partial charge is 0.303 e. The van der Waals surface area contributed by atoms with Gasteiger partial charge in [0.25, 0.3) is 0 Å². The van der Waals surface area contributed by atoms with Crippen LogP contribution in [0.15, 0.2) is 5.38 Å². The zero-order valence-electron chi connectivity index (χ0n) is 11.7. The van der Waals surface area contributed by atoms with Crippen LogP contribution in [0, 0.1) is 5.92 Å². The second-order valence-electron chi connectivity index (χ2n) is 5.98. The van der Waals surface area contributed by atoms with Crippen molar-refractivity contribution >= 4 is 28.3 Å². The average molecular weight is 309 g/mol. The van der Waals surface area contributed by atoms with Gasteiger partial charge in [0, 0.05) is 23.9 Å². The molecular formula is C14H19N3O3S.